The summed E-state index contributed by atoms with van der Waals surface area (Å²) in [5.41, 5.74) is 14.8. The van der Waals surface area contributed by atoms with Gasteiger partial charge in [0.25, 0.3) is 0 Å². The number of fused-ring (bicyclic) bond motifs is 12. The number of para-hydroxylation sites is 4. The first-order valence-corrected chi connectivity index (χ1v) is 23.1. The Labute approximate surface area is 394 Å². The number of benzene rings is 8. The topological polar surface area (TPSA) is 65.6 Å². The molecular formula is C62H44N6. The maximum Gasteiger partial charge on any atom is 0.101 e. The van der Waals surface area contributed by atoms with Gasteiger partial charge in [0.15, 0.2) is 0 Å². The Kier molecular flexibility index (Phi) is 9.57. The SMILES string of the molecule is C=C/C=C(\C=C/C)N(c1ccccc1)c1ccc2c(c1)c1c3c(ccc1n2-c1cc(C#N)c(-n2c4ccccc4c4ccc5c(c6ccccc6n5-c5ccccc5)c42)cc1C#N)C=CC(C)C3. The maximum atomic E-state index is 11.4. The van der Waals surface area contributed by atoms with Gasteiger partial charge in [0.2, 0.25) is 0 Å². The van der Waals surface area contributed by atoms with E-state index in [1.165, 1.54) is 11.1 Å². The Morgan fingerprint density at radius 3 is 1.94 bits per heavy atom. The fraction of sp³-hybridized carbons (Fsp3) is 0.0645. The lowest BCUT2D eigenvalue weighted by Crippen LogP contribution is -2.15. The lowest BCUT2D eigenvalue weighted by Gasteiger charge is -2.26. The minimum atomic E-state index is 0.353. The second-order valence-electron chi connectivity index (χ2n) is 17.6. The van der Waals surface area contributed by atoms with Crippen molar-refractivity contribution in [2.75, 3.05) is 4.90 Å². The van der Waals surface area contributed by atoms with Crippen molar-refractivity contribution in [2.24, 2.45) is 5.92 Å². The van der Waals surface area contributed by atoms with Gasteiger partial charge in [0, 0.05) is 55.1 Å². The number of rotatable bonds is 8. The maximum absolute atomic E-state index is 11.4. The van der Waals surface area contributed by atoms with Gasteiger partial charge < -0.3 is 18.6 Å². The average Bonchev–Trinajstić information content (AvgIpc) is 4.02. The lowest BCUT2D eigenvalue weighted by atomic mass is 9.87. The number of anilines is 2. The largest absolute Gasteiger partial charge is 0.310 e. The Morgan fingerprint density at radius 2 is 1.22 bits per heavy atom. The molecule has 1 unspecified atom stereocenters. The van der Waals surface area contributed by atoms with Gasteiger partial charge in [-0.15, -0.1) is 0 Å². The fourth-order valence-corrected chi connectivity index (χ4v) is 10.9. The number of nitriles is 2. The molecule has 1 aliphatic rings. The summed E-state index contributed by atoms with van der Waals surface area (Å²) in [7, 11) is 0. The highest BCUT2D eigenvalue weighted by Gasteiger charge is 2.27. The molecule has 0 radical (unpaired) electrons. The molecule has 0 saturated carbocycles. The molecule has 0 saturated heterocycles. The number of aromatic nitrogens is 3. The molecule has 0 spiro atoms. The smallest absolute Gasteiger partial charge is 0.101 e. The summed E-state index contributed by atoms with van der Waals surface area (Å²) < 4.78 is 6.75. The predicted octanol–water partition coefficient (Wildman–Crippen LogP) is 15.7. The van der Waals surface area contributed by atoms with Gasteiger partial charge in [-0.1, -0.05) is 123 Å². The molecule has 6 nitrogen and oxygen atoms in total. The number of nitrogens with zero attached hydrogens (tertiary/aromatic N) is 6. The van der Waals surface area contributed by atoms with Crippen molar-refractivity contribution in [1.82, 2.24) is 13.7 Å². The Balaban J connectivity index is 1.15. The first-order valence-electron chi connectivity index (χ1n) is 23.1. The molecule has 1 aliphatic carbocycles. The molecule has 12 rings (SSSR count). The molecular weight excluding hydrogens is 829 g/mol. The second-order valence-corrected chi connectivity index (χ2v) is 17.6. The molecule has 3 aromatic heterocycles. The van der Waals surface area contributed by atoms with E-state index in [2.05, 4.69) is 196 Å². The third kappa shape index (κ3) is 6.09. The highest BCUT2D eigenvalue weighted by molar-refractivity contribution is 6.26. The van der Waals surface area contributed by atoms with Crippen LogP contribution < -0.4 is 4.90 Å². The highest BCUT2D eigenvalue weighted by atomic mass is 15.1. The summed E-state index contributed by atoms with van der Waals surface area (Å²) in [4.78, 5) is 2.26. The van der Waals surface area contributed by atoms with E-state index in [0.29, 0.717) is 28.4 Å². The van der Waals surface area contributed by atoms with Crippen LogP contribution in [0.15, 0.2) is 206 Å². The highest BCUT2D eigenvalue weighted by Crippen LogP contribution is 2.45. The van der Waals surface area contributed by atoms with Crippen LogP contribution in [0.2, 0.25) is 0 Å². The van der Waals surface area contributed by atoms with E-state index in [1.807, 2.05) is 55.5 Å². The van der Waals surface area contributed by atoms with E-state index in [0.717, 1.165) is 94.6 Å². The van der Waals surface area contributed by atoms with Crippen LogP contribution >= 0.6 is 0 Å². The molecule has 0 amide bonds. The number of hydrogen-bond donors (Lipinski definition) is 0. The van der Waals surface area contributed by atoms with E-state index in [9.17, 15) is 10.5 Å². The van der Waals surface area contributed by atoms with E-state index >= 15 is 0 Å². The Morgan fingerprint density at radius 1 is 0.603 bits per heavy atom. The molecule has 0 N–H and O–H groups in total. The van der Waals surface area contributed by atoms with Crippen LogP contribution in [0, 0.1) is 28.6 Å². The van der Waals surface area contributed by atoms with Gasteiger partial charge in [-0.2, -0.15) is 10.5 Å². The molecule has 8 aromatic carbocycles. The minimum Gasteiger partial charge on any atom is -0.310 e. The van der Waals surface area contributed by atoms with E-state index in [1.54, 1.807) is 0 Å². The van der Waals surface area contributed by atoms with Crippen molar-refractivity contribution in [1.29, 1.82) is 10.5 Å². The van der Waals surface area contributed by atoms with Crippen molar-refractivity contribution in [3.63, 3.8) is 0 Å². The molecule has 1 atom stereocenters. The summed E-state index contributed by atoms with van der Waals surface area (Å²) in [5, 5.41) is 29.3. The Bertz CT molecular complexity index is 4070. The second kappa shape index (κ2) is 16.1. The molecule has 322 valence electrons. The van der Waals surface area contributed by atoms with Gasteiger partial charge >= 0.3 is 0 Å². The molecule has 6 heteroatoms. The summed E-state index contributed by atoms with van der Waals surface area (Å²) in [6, 6.07) is 62.3. The Hall–Kier alpha value is -9.10. The zero-order valence-corrected chi connectivity index (χ0v) is 37.7. The zero-order valence-electron chi connectivity index (χ0n) is 37.7. The van der Waals surface area contributed by atoms with Crippen LogP contribution in [0.4, 0.5) is 11.4 Å². The molecule has 68 heavy (non-hydrogen) atoms. The fourth-order valence-electron chi connectivity index (χ4n) is 10.9. The monoisotopic (exact) mass is 872 g/mol. The summed E-state index contributed by atoms with van der Waals surface area (Å²) in [5.74, 6) is 0.353. The van der Waals surface area contributed by atoms with Crippen LogP contribution in [0.5, 0.6) is 0 Å². The molecule has 0 bridgehead atoms. The number of hydrogen-bond acceptors (Lipinski definition) is 3. The third-order valence-electron chi connectivity index (χ3n) is 13.7. The number of allylic oxidation sites excluding steroid dienone is 5. The van der Waals surface area contributed by atoms with Crippen LogP contribution in [-0.4, -0.2) is 13.7 Å². The van der Waals surface area contributed by atoms with Crippen LogP contribution in [-0.2, 0) is 6.42 Å². The van der Waals surface area contributed by atoms with Gasteiger partial charge in [0.1, 0.15) is 12.1 Å². The lowest BCUT2D eigenvalue weighted by molar-refractivity contribution is 0.721. The predicted molar refractivity (Wildman–Crippen MR) is 282 cm³/mol. The standard InChI is InChI=1S/C62H44N6/c1-4-16-44(17-5-2)65(45-18-8-6-9-19-45)47-29-32-55-52(37-47)60-51-34-40(3)26-27-41(51)28-31-56(60)67(55)58-35-43(39-64)59(36-42(58)38-63)68-53-24-14-12-22-48(53)49-30-33-57-61(62(49)68)50-23-13-15-25-54(50)66(57)46-20-10-7-11-21-46/h4-33,35-37,40H,1,34H2,2-3H3/b17-5-,44-16+. The first kappa shape index (κ1) is 40.4. The molecule has 11 aromatic rings. The minimum absolute atomic E-state index is 0.353. The van der Waals surface area contributed by atoms with E-state index in [4.69, 9.17) is 0 Å². The van der Waals surface area contributed by atoms with E-state index in [-0.39, 0.29) is 0 Å². The first-order chi connectivity index (χ1) is 33.5. The van der Waals surface area contributed by atoms with Crippen LogP contribution in [0.25, 0.3) is 88.6 Å². The molecule has 3 heterocycles. The van der Waals surface area contributed by atoms with Gasteiger partial charge in [-0.25, -0.2) is 0 Å². The third-order valence-corrected chi connectivity index (χ3v) is 13.7. The van der Waals surface area contributed by atoms with Crippen LogP contribution in [0.1, 0.15) is 36.1 Å². The zero-order chi connectivity index (χ0) is 46.0. The van der Waals surface area contributed by atoms with E-state index < -0.39 is 0 Å². The van der Waals surface area contributed by atoms with Gasteiger partial charge in [0.05, 0.1) is 55.6 Å². The summed E-state index contributed by atoms with van der Waals surface area (Å²) in [6.45, 7) is 8.34. The molecule has 0 fully saturated rings. The van der Waals surface area contributed by atoms with Gasteiger partial charge in [-0.3, -0.25) is 0 Å². The van der Waals surface area contributed by atoms with Gasteiger partial charge in [-0.05, 0) is 121 Å². The summed E-state index contributed by atoms with van der Waals surface area (Å²) in [6.07, 6.45) is 13.4. The van der Waals surface area contributed by atoms with Crippen molar-refractivity contribution in [2.45, 2.75) is 20.3 Å². The summed E-state index contributed by atoms with van der Waals surface area (Å²) >= 11 is 0. The van der Waals surface area contributed by atoms with Crippen molar-refractivity contribution >= 4 is 82.9 Å². The van der Waals surface area contributed by atoms with Crippen molar-refractivity contribution < 1.29 is 0 Å². The average molecular weight is 873 g/mol. The normalized spacial score (nSPS) is 13.8. The van der Waals surface area contributed by atoms with Crippen molar-refractivity contribution in [3.05, 3.63) is 229 Å². The molecule has 0 aliphatic heterocycles. The quantitative estimate of drug-likeness (QED) is 0.143. The van der Waals surface area contributed by atoms with Crippen molar-refractivity contribution in [3.8, 4) is 29.2 Å². The van der Waals surface area contributed by atoms with Crippen LogP contribution in [0.3, 0.4) is 0 Å².